The van der Waals surface area contributed by atoms with E-state index in [0.29, 0.717) is 43.9 Å². The SMILES string of the molecule is Cn1ccc(C(=O)N2CCCN(C(=O)C3=NNC(=O)CC3)CC2)c1. The van der Waals surface area contributed by atoms with Gasteiger partial charge in [-0.15, -0.1) is 0 Å². The second-order valence-corrected chi connectivity index (χ2v) is 6.10. The van der Waals surface area contributed by atoms with Crippen molar-refractivity contribution in [3.63, 3.8) is 0 Å². The first kappa shape index (κ1) is 16.2. The van der Waals surface area contributed by atoms with Crippen molar-refractivity contribution < 1.29 is 14.4 Å². The smallest absolute Gasteiger partial charge is 0.270 e. The number of hydrogen-bond donors (Lipinski definition) is 1. The van der Waals surface area contributed by atoms with Gasteiger partial charge in [-0.3, -0.25) is 14.4 Å². The molecule has 24 heavy (non-hydrogen) atoms. The van der Waals surface area contributed by atoms with Crippen LogP contribution in [0.1, 0.15) is 29.6 Å². The molecule has 8 heteroatoms. The number of carbonyl (C=O) groups is 3. The fourth-order valence-electron chi connectivity index (χ4n) is 2.95. The average molecular weight is 331 g/mol. The number of carbonyl (C=O) groups excluding carboxylic acids is 3. The average Bonchev–Trinajstić information content (AvgIpc) is 2.87. The summed E-state index contributed by atoms with van der Waals surface area (Å²) in [6, 6.07) is 1.80. The molecule has 1 aromatic rings. The van der Waals surface area contributed by atoms with Crippen molar-refractivity contribution in [2.45, 2.75) is 19.3 Å². The molecular weight excluding hydrogens is 310 g/mol. The third-order valence-corrected chi connectivity index (χ3v) is 4.30. The predicted molar refractivity (Wildman–Crippen MR) is 87.3 cm³/mol. The summed E-state index contributed by atoms with van der Waals surface area (Å²) in [6.45, 7) is 2.19. The highest BCUT2D eigenvalue weighted by atomic mass is 16.2. The highest BCUT2D eigenvalue weighted by molar-refractivity contribution is 6.39. The van der Waals surface area contributed by atoms with Gasteiger partial charge >= 0.3 is 0 Å². The van der Waals surface area contributed by atoms with Gasteiger partial charge in [0.1, 0.15) is 5.71 Å². The fraction of sp³-hybridized carbons (Fsp3) is 0.500. The van der Waals surface area contributed by atoms with Crippen LogP contribution in [-0.4, -0.2) is 64.0 Å². The van der Waals surface area contributed by atoms with Gasteiger partial charge in [0, 0.05) is 58.5 Å². The number of rotatable bonds is 2. The molecule has 3 rings (SSSR count). The lowest BCUT2D eigenvalue weighted by molar-refractivity contribution is -0.124. The second kappa shape index (κ2) is 6.86. The molecule has 3 amide bonds. The van der Waals surface area contributed by atoms with Gasteiger partial charge in [-0.1, -0.05) is 0 Å². The molecule has 2 aliphatic heterocycles. The van der Waals surface area contributed by atoms with E-state index in [4.69, 9.17) is 0 Å². The standard InChI is InChI=1S/C16H21N5O3/c1-19-8-5-12(11-19)15(23)20-6-2-7-21(10-9-20)16(24)13-3-4-14(22)18-17-13/h5,8,11H,2-4,6-7,9-10H2,1H3,(H,18,22). The lowest BCUT2D eigenvalue weighted by Gasteiger charge is -2.23. The molecule has 0 aromatic carbocycles. The zero-order valence-corrected chi connectivity index (χ0v) is 13.7. The minimum Gasteiger partial charge on any atom is -0.356 e. The number of nitrogens with zero attached hydrogens (tertiary/aromatic N) is 4. The minimum absolute atomic E-state index is 0.00725. The Morgan fingerprint density at radius 3 is 2.38 bits per heavy atom. The van der Waals surface area contributed by atoms with Crippen molar-refractivity contribution in [1.82, 2.24) is 19.8 Å². The number of hydrazone groups is 1. The van der Waals surface area contributed by atoms with Crippen molar-refractivity contribution >= 4 is 23.4 Å². The second-order valence-electron chi connectivity index (χ2n) is 6.10. The molecule has 2 aliphatic rings. The van der Waals surface area contributed by atoms with Crippen molar-refractivity contribution in [2.24, 2.45) is 12.1 Å². The Bertz CT molecular complexity index is 694. The number of aromatic nitrogens is 1. The van der Waals surface area contributed by atoms with Crippen LogP contribution in [0.5, 0.6) is 0 Å². The van der Waals surface area contributed by atoms with Gasteiger partial charge in [-0.2, -0.15) is 5.10 Å². The van der Waals surface area contributed by atoms with E-state index >= 15 is 0 Å². The summed E-state index contributed by atoms with van der Waals surface area (Å²) in [6.07, 6.45) is 5.03. The Morgan fingerprint density at radius 1 is 1.08 bits per heavy atom. The summed E-state index contributed by atoms with van der Waals surface area (Å²) in [5.74, 6) is -0.321. The van der Waals surface area contributed by atoms with Crippen molar-refractivity contribution in [3.8, 4) is 0 Å². The van der Waals surface area contributed by atoms with Crippen LogP contribution in [0, 0.1) is 0 Å². The van der Waals surface area contributed by atoms with Gasteiger partial charge in [0.15, 0.2) is 0 Å². The molecule has 0 aliphatic carbocycles. The van der Waals surface area contributed by atoms with Crippen LogP contribution in [0.25, 0.3) is 0 Å². The van der Waals surface area contributed by atoms with Crippen LogP contribution in [0.4, 0.5) is 0 Å². The molecule has 0 radical (unpaired) electrons. The lowest BCUT2D eigenvalue weighted by atomic mass is 10.1. The first-order valence-electron chi connectivity index (χ1n) is 8.10. The number of nitrogens with one attached hydrogen (secondary N) is 1. The van der Waals surface area contributed by atoms with Gasteiger partial charge in [-0.05, 0) is 12.5 Å². The van der Waals surface area contributed by atoms with Crippen LogP contribution in [-0.2, 0) is 16.6 Å². The van der Waals surface area contributed by atoms with E-state index in [-0.39, 0.29) is 24.1 Å². The largest absolute Gasteiger partial charge is 0.356 e. The third kappa shape index (κ3) is 3.47. The minimum atomic E-state index is -0.165. The molecule has 128 valence electrons. The number of amides is 3. The van der Waals surface area contributed by atoms with E-state index in [9.17, 15) is 14.4 Å². The molecule has 1 aromatic heterocycles. The number of aryl methyl sites for hydroxylation is 1. The van der Waals surface area contributed by atoms with Gasteiger partial charge in [-0.25, -0.2) is 5.43 Å². The Kier molecular flexibility index (Phi) is 4.64. The monoisotopic (exact) mass is 331 g/mol. The Balaban J connectivity index is 1.61. The maximum Gasteiger partial charge on any atom is 0.270 e. The van der Waals surface area contributed by atoms with Crippen LogP contribution in [0.2, 0.25) is 0 Å². The Morgan fingerprint density at radius 2 is 1.79 bits per heavy atom. The molecule has 1 fully saturated rings. The summed E-state index contributed by atoms with van der Waals surface area (Å²) < 4.78 is 1.84. The van der Waals surface area contributed by atoms with Crippen LogP contribution in [0.3, 0.4) is 0 Å². The summed E-state index contributed by atoms with van der Waals surface area (Å²) in [5.41, 5.74) is 3.40. The molecule has 0 saturated carbocycles. The maximum atomic E-state index is 12.5. The molecule has 0 bridgehead atoms. The first-order valence-corrected chi connectivity index (χ1v) is 8.10. The van der Waals surface area contributed by atoms with Gasteiger partial charge in [0.2, 0.25) is 5.91 Å². The molecule has 1 saturated heterocycles. The predicted octanol–water partition coefficient (Wildman–Crippen LogP) is -0.0344. The van der Waals surface area contributed by atoms with Crippen molar-refractivity contribution in [1.29, 1.82) is 0 Å². The van der Waals surface area contributed by atoms with E-state index in [2.05, 4.69) is 10.5 Å². The first-order chi connectivity index (χ1) is 11.5. The Hall–Kier alpha value is -2.64. The molecule has 1 N–H and O–H groups in total. The van der Waals surface area contributed by atoms with Gasteiger partial charge < -0.3 is 14.4 Å². The molecule has 0 atom stereocenters. The highest BCUT2D eigenvalue weighted by Crippen LogP contribution is 2.11. The maximum absolute atomic E-state index is 12.5. The summed E-state index contributed by atoms with van der Waals surface area (Å²) in [4.78, 5) is 39.6. The fourth-order valence-corrected chi connectivity index (χ4v) is 2.95. The van der Waals surface area contributed by atoms with Crippen molar-refractivity contribution in [3.05, 3.63) is 24.0 Å². The van der Waals surface area contributed by atoms with Crippen LogP contribution < -0.4 is 5.43 Å². The van der Waals surface area contributed by atoms with E-state index in [1.807, 2.05) is 17.8 Å². The van der Waals surface area contributed by atoms with Crippen LogP contribution in [0.15, 0.2) is 23.6 Å². The van der Waals surface area contributed by atoms with Crippen LogP contribution >= 0.6 is 0 Å². The molecule has 3 heterocycles. The normalized spacial score (nSPS) is 18.7. The Labute approximate surface area is 140 Å². The van der Waals surface area contributed by atoms with E-state index in [1.165, 1.54) is 0 Å². The summed E-state index contributed by atoms with van der Waals surface area (Å²) >= 11 is 0. The van der Waals surface area contributed by atoms with Gasteiger partial charge in [0.05, 0.1) is 5.56 Å². The summed E-state index contributed by atoms with van der Waals surface area (Å²) in [5, 5.41) is 3.86. The third-order valence-electron chi connectivity index (χ3n) is 4.30. The van der Waals surface area contributed by atoms with E-state index in [0.717, 1.165) is 6.42 Å². The van der Waals surface area contributed by atoms with Crippen molar-refractivity contribution in [2.75, 3.05) is 26.2 Å². The molecule has 0 spiro atoms. The van der Waals surface area contributed by atoms with E-state index in [1.54, 1.807) is 22.1 Å². The number of hydrogen-bond acceptors (Lipinski definition) is 4. The molecule has 8 nitrogen and oxygen atoms in total. The quantitative estimate of drug-likeness (QED) is 0.825. The summed E-state index contributed by atoms with van der Waals surface area (Å²) in [7, 11) is 1.88. The van der Waals surface area contributed by atoms with E-state index < -0.39 is 0 Å². The highest BCUT2D eigenvalue weighted by Gasteiger charge is 2.27. The zero-order valence-electron chi connectivity index (χ0n) is 13.7. The van der Waals surface area contributed by atoms with Gasteiger partial charge in [0.25, 0.3) is 11.8 Å². The zero-order chi connectivity index (χ0) is 17.1. The molecular formula is C16H21N5O3. The lowest BCUT2D eigenvalue weighted by Crippen LogP contribution is -2.42. The topological polar surface area (TPSA) is 87.0 Å². The molecule has 0 unspecified atom stereocenters.